The highest BCUT2D eigenvalue weighted by molar-refractivity contribution is 5.71. The summed E-state index contributed by atoms with van der Waals surface area (Å²) >= 11 is 0. The number of imidazole rings is 1. The summed E-state index contributed by atoms with van der Waals surface area (Å²) in [5, 5.41) is 0. The van der Waals surface area contributed by atoms with Crippen molar-refractivity contribution in [1.82, 2.24) is 9.66 Å². The zero-order chi connectivity index (χ0) is 5.98. The predicted octanol–water partition coefficient (Wildman–Crippen LogP) is -0.591. The Hall–Kier alpha value is -1.32. The minimum absolute atomic E-state index is 0.380. The largest absolute Gasteiger partial charge is 0.338 e. The van der Waals surface area contributed by atoms with Crippen LogP contribution in [0.15, 0.2) is 12.5 Å². The van der Waals surface area contributed by atoms with E-state index in [0.717, 1.165) is 4.68 Å². The lowest BCUT2D eigenvalue weighted by Gasteiger charge is -1.87. The van der Waals surface area contributed by atoms with Crippen LogP contribution in [0.5, 0.6) is 0 Å². The Balaban J connectivity index is 3.09. The molecular formula is C4H5N3O. The van der Waals surface area contributed by atoms with Gasteiger partial charge in [-0.15, -0.1) is 0 Å². The van der Waals surface area contributed by atoms with Crippen molar-refractivity contribution in [3.63, 3.8) is 0 Å². The van der Waals surface area contributed by atoms with Gasteiger partial charge in [-0.05, 0) is 0 Å². The van der Waals surface area contributed by atoms with Gasteiger partial charge in [0.25, 0.3) is 0 Å². The van der Waals surface area contributed by atoms with Crippen LogP contribution in [-0.4, -0.2) is 15.9 Å². The molecule has 0 atom stereocenters. The van der Waals surface area contributed by atoms with Gasteiger partial charge in [0.15, 0.2) is 6.29 Å². The summed E-state index contributed by atoms with van der Waals surface area (Å²) in [4.78, 5) is 13.5. The SMILES string of the molecule is Nn1cncc1C=O. The van der Waals surface area contributed by atoms with E-state index < -0.39 is 0 Å². The van der Waals surface area contributed by atoms with Crippen molar-refractivity contribution < 1.29 is 4.79 Å². The maximum atomic E-state index is 9.95. The lowest BCUT2D eigenvalue weighted by molar-refractivity contribution is 0.111. The molecule has 0 spiro atoms. The van der Waals surface area contributed by atoms with Gasteiger partial charge in [0.1, 0.15) is 12.0 Å². The van der Waals surface area contributed by atoms with Crippen molar-refractivity contribution in [1.29, 1.82) is 0 Å². The molecule has 0 bridgehead atoms. The highest BCUT2D eigenvalue weighted by atomic mass is 16.1. The number of nitrogen functional groups attached to an aromatic ring is 1. The van der Waals surface area contributed by atoms with Crippen LogP contribution in [0.4, 0.5) is 0 Å². The quantitative estimate of drug-likeness (QED) is 0.389. The summed E-state index contributed by atoms with van der Waals surface area (Å²) in [6.07, 6.45) is 3.41. The number of carbonyl (C=O) groups is 1. The van der Waals surface area contributed by atoms with Crippen molar-refractivity contribution in [2.45, 2.75) is 0 Å². The zero-order valence-corrected chi connectivity index (χ0v) is 4.11. The Kier molecular flexibility index (Phi) is 0.997. The molecule has 4 heteroatoms. The number of nitrogens with two attached hydrogens (primary N) is 1. The van der Waals surface area contributed by atoms with Crippen LogP contribution in [0.2, 0.25) is 0 Å². The topological polar surface area (TPSA) is 60.9 Å². The fourth-order valence-corrected chi connectivity index (χ4v) is 0.406. The fraction of sp³-hybridized carbons (Fsp3) is 0. The summed E-state index contributed by atoms with van der Waals surface area (Å²) in [6, 6.07) is 0. The molecule has 0 saturated heterocycles. The van der Waals surface area contributed by atoms with Gasteiger partial charge in [0, 0.05) is 0 Å². The third kappa shape index (κ3) is 0.556. The summed E-state index contributed by atoms with van der Waals surface area (Å²) in [7, 11) is 0. The lowest BCUT2D eigenvalue weighted by atomic mass is 10.5. The lowest BCUT2D eigenvalue weighted by Crippen LogP contribution is -2.09. The average molecular weight is 111 g/mol. The summed E-state index contributed by atoms with van der Waals surface area (Å²) in [5.41, 5.74) is 0.380. The van der Waals surface area contributed by atoms with Crippen molar-refractivity contribution in [3.8, 4) is 0 Å². The van der Waals surface area contributed by atoms with Crippen LogP contribution in [0.1, 0.15) is 10.5 Å². The van der Waals surface area contributed by atoms with Gasteiger partial charge in [-0.2, -0.15) is 0 Å². The molecule has 0 aromatic carbocycles. The van der Waals surface area contributed by atoms with E-state index in [1.807, 2.05) is 0 Å². The Morgan fingerprint density at radius 2 is 2.62 bits per heavy atom. The van der Waals surface area contributed by atoms with Crippen LogP contribution in [0, 0.1) is 0 Å². The number of hydrogen-bond donors (Lipinski definition) is 1. The second-order valence-corrected chi connectivity index (χ2v) is 1.34. The van der Waals surface area contributed by atoms with Crippen LogP contribution in [0.3, 0.4) is 0 Å². The van der Waals surface area contributed by atoms with E-state index >= 15 is 0 Å². The van der Waals surface area contributed by atoms with Crippen LogP contribution >= 0.6 is 0 Å². The first-order chi connectivity index (χ1) is 3.84. The molecule has 0 aliphatic rings. The molecule has 42 valence electrons. The first kappa shape index (κ1) is 4.83. The minimum atomic E-state index is 0.380. The molecule has 1 aromatic rings. The Bertz CT molecular complexity index is 193. The van der Waals surface area contributed by atoms with Gasteiger partial charge in [-0.3, -0.25) is 4.79 Å². The van der Waals surface area contributed by atoms with Gasteiger partial charge in [-0.1, -0.05) is 0 Å². The molecule has 2 N–H and O–H groups in total. The Labute approximate surface area is 45.9 Å². The fourth-order valence-electron chi connectivity index (χ4n) is 0.406. The molecule has 0 aliphatic heterocycles. The molecule has 1 rings (SSSR count). The van der Waals surface area contributed by atoms with Crippen molar-refractivity contribution >= 4 is 6.29 Å². The molecule has 1 aromatic heterocycles. The van der Waals surface area contributed by atoms with E-state index in [0.29, 0.717) is 12.0 Å². The van der Waals surface area contributed by atoms with Crippen LogP contribution in [-0.2, 0) is 0 Å². The van der Waals surface area contributed by atoms with Gasteiger partial charge in [-0.25, -0.2) is 9.66 Å². The van der Waals surface area contributed by atoms with Crippen molar-refractivity contribution in [2.75, 3.05) is 5.84 Å². The first-order valence-corrected chi connectivity index (χ1v) is 2.07. The molecular weight excluding hydrogens is 106 g/mol. The van der Waals surface area contributed by atoms with E-state index in [4.69, 9.17) is 5.84 Å². The highest BCUT2D eigenvalue weighted by Gasteiger charge is 1.91. The normalized spacial score (nSPS) is 9.00. The number of rotatable bonds is 1. The number of carbonyl (C=O) groups excluding carboxylic acids is 1. The van der Waals surface area contributed by atoms with E-state index in [9.17, 15) is 4.79 Å². The molecule has 0 fully saturated rings. The zero-order valence-electron chi connectivity index (χ0n) is 4.11. The predicted molar refractivity (Wildman–Crippen MR) is 27.8 cm³/mol. The molecule has 0 saturated carbocycles. The third-order valence-corrected chi connectivity index (χ3v) is 0.817. The summed E-state index contributed by atoms with van der Waals surface area (Å²) in [6.45, 7) is 0. The van der Waals surface area contributed by atoms with E-state index in [2.05, 4.69) is 4.98 Å². The maximum Gasteiger partial charge on any atom is 0.170 e. The molecule has 8 heavy (non-hydrogen) atoms. The van der Waals surface area contributed by atoms with E-state index in [1.54, 1.807) is 0 Å². The second kappa shape index (κ2) is 1.65. The smallest absolute Gasteiger partial charge is 0.170 e. The molecule has 0 amide bonds. The number of aromatic nitrogens is 2. The summed E-state index contributed by atoms with van der Waals surface area (Å²) in [5.74, 6) is 5.17. The van der Waals surface area contributed by atoms with E-state index in [-0.39, 0.29) is 0 Å². The van der Waals surface area contributed by atoms with Gasteiger partial charge < -0.3 is 5.84 Å². The number of nitrogens with zero attached hydrogens (tertiary/aromatic N) is 2. The highest BCUT2D eigenvalue weighted by Crippen LogP contribution is 1.85. The average Bonchev–Trinajstić information content (AvgIpc) is 2.14. The van der Waals surface area contributed by atoms with Crippen molar-refractivity contribution in [3.05, 3.63) is 18.2 Å². The summed E-state index contributed by atoms with van der Waals surface area (Å²) < 4.78 is 1.16. The van der Waals surface area contributed by atoms with Gasteiger partial charge >= 0.3 is 0 Å². The number of hydrogen-bond acceptors (Lipinski definition) is 3. The second-order valence-electron chi connectivity index (χ2n) is 1.34. The Morgan fingerprint density at radius 3 is 2.88 bits per heavy atom. The van der Waals surface area contributed by atoms with Crippen molar-refractivity contribution in [2.24, 2.45) is 0 Å². The van der Waals surface area contributed by atoms with E-state index in [1.165, 1.54) is 12.5 Å². The minimum Gasteiger partial charge on any atom is -0.338 e. The van der Waals surface area contributed by atoms with Crippen LogP contribution in [0.25, 0.3) is 0 Å². The molecule has 4 nitrogen and oxygen atoms in total. The first-order valence-electron chi connectivity index (χ1n) is 2.07. The number of aldehydes is 1. The molecule has 0 radical (unpaired) electrons. The van der Waals surface area contributed by atoms with Gasteiger partial charge in [0.2, 0.25) is 0 Å². The van der Waals surface area contributed by atoms with Crippen LogP contribution < -0.4 is 5.84 Å². The maximum absolute atomic E-state index is 9.95. The monoisotopic (exact) mass is 111 g/mol. The third-order valence-electron chi connectivity index (χ3n) is 0.817. The molecule has 0 unspecified atom stereocenters. The standard InChI is InChI=1S/C4H5N3O/c5-7-3-6-1-4(7)2-8/h1-3H,5H2. The Morgan fingerprint density at radius 1 is 1.88 bits per heavy atom. The van der Waals surface area contributed by atoms with Gasteiger partial charge in [0.05, 0.1) is 6.20 Å². The molecule has 1 heterocycles. The molecule has 0 aliphatic carbocycles.